The van der Waals surface area contributed by atoms with E-state index in [0.29, 0.717) is 33.6 Å². The molecule has 2 unspecified atom stereocenters. The van der Waals surface area contributed by atoms with Gasteiger partial charge in [-0.25, -0.2) is 0 Å². The topological polar surface area (TPSA) is 51.0 Å². The molecule has 2 atom stereocenters. The van der Waals surface area contributed by atoms with Crippen LogP contribution in [0.2, 0.25) is 10.0 Å². The highest BCUT2D eigenvalue weighted by Gasteiger charge is 2.38. The average Bonchev–Trinajstić information content (AvgIpc) is 3.26. The van der Waals surface area contributed by atoms with Crippen molar-refractivity contribution in [1.82, 2.24) is 10.1 Å². The van der Waals surface area contributed by atoms with E-state index in [9.17, 15) is 0 Å². The second-order valence-electron chi connectivity index (χ2n) is 9.81. The van der Waals surface area contributed by atoms with Gasteiger partial charge in [-0.15, -0.1) is 0 Å². The van der Waals surface area contributed by atoms with Crippen LogP contribution < -0.4 is 5.32 Å². The van der Waals surface area contributed by atoms with E-state index in [0.717, 1.165) is 17.7 Å². The van der Waals surface area contributed by atoms with Gasteiger partial charge >= 0.3 is 0 Å². The fourth-order valence-corrected chi connectivity index (χ4v) is 5.01. The van der Waals surface area contributed by atoms with Crippen LogP contribution in [0.1, 0.15) is 75.9 Å². The summed E-state index contributed by atoms with van der Waals surface area (Å²) in [4.78, 5) is 4.81. The first-order valence-corrected chi connectivity index (χ1v) is 12.5. The van der Waals surface area contributed by atoms with E-state index < -0.39 is 0 Å². The number of anilines is 1. The van der Waals surface area contributed by atoms with Crippen molar-refractivity contribution >= 4 is 28.9 Å². The van der Waals surface area contributed by atoms with Gasteiger partial charge in [0.15, 0.2) is 0 Å². The van der Waals surface area contributed by atoms with Crippen LogP contribution in [0.4, 0.5) is 5.69 Å². The molecule has 1 aromatic heterocycles. The van der Waals surface area contributed by atoms with Crippen LogP contribution in [0, 0.1) is 5.41 Å². The van der Waals surface area contributed by atoms with Crippen molar-refractivity contribution < 1.29 is 4.52 Å². The molecule has 0 radical (unpaired) electrons. The van der Waals surface area contributed by atoms with E-state index in [1.807, 2.05) is 0 Å². The van der Waals surface area contributed by atoms with Crippen molar-refractivity contribution in [2.45, 2.75) is 58.9 Å². The van der Waals surface area contributed by atoms with Crippen molar-refractivity contribution in [1.29, 1.82) is 0 Å². The number of halogens is 2. The minimum absolute atomic E-state index is 0.234. The molecule has 4 rings (SSSR count). The van der Waals surface area contributed by atoms with Gasteiger partial charge in [-0.2, -0.15) is 4.98 Å². The van der Waals surface area contributed by atoms with Crippen molar-refractivity contribution in [2.75, 3.05) is 5.32 Å². The van der Waals surface area contributed by atoms with Crippen molar-refractivity contribution in [3.05, 3.63) is 87.8 Å². The fraction of sp³-hybridized carbons (Fsp3) is 0.357. The van der Waals surface area contributed by atoms with Crippen LogP contribution in [-0.2, 0) is 0 Å². The quantitative estimate of drug-likeness (QED) is 0.355. The number of para-hydroxylation sites is 1. The second kappa shape index (κ2) is 9.97. The molecule has 1 aliphatic rings. The maximum Gasteiger partial charge on any atom is 0.250 e. The molecule has 6 heteroatoms. The number of aromatic nitrogens is 2. The van der Waals surface area contributed by atoms with Crippen molar-refractivity contribution in [2.24, 2.45) is 5.41 Å². The summed E-state index contributed by atoms with van der Waals surface area (Å²) in [5.41, 5.74) is 4.16. The molecule has 0 amide bonds. The Hall–Kier alpha value is -2.56. The summed E-state index contributed by atoms with van der Waals surface area (Å²) in [6.45, 7) is 11.1. The van der Waals surface area contributed by atoms with Gasteiger partial charge in [-0.1, -0.05) is 105 Å². The van der Waals surface area contributed by atoms with Gasteiger partial charge in [0.2, 0.25) is 11.7 Å². The normalized spacial score (nSPS) is 18.6. The lowest BCUT2D eigenvalue weighted by Gasteiger charge is -2.36. The molecule has 0 bridgehead atoms. The van der Waals surface area contributed by atoms with E-state index in [4.69, 9.17) is 32.7 Å². The van der Waals surface area contributed by atoms with Crippen LogP contribution in [0.15, 0.2) is 65.2 Å². The molecule has 0 aliphatic heterocycles. The summed E-state index contributed by atoms with van der Waals surface area (Å²) in [6.07, 6.45) is 9.42. The van der Waals surface area contributed by atoms with Crippen LogP contribution in [0.25, 0.3) is 11.4 Å². The van der Waals surface area contributed by atoms with E-state index in [1.165, 1.54) is 11.1 Å². The molecule has 1 N–H and O–H groups in total. The van der Waals surface area contributed by atoms with Gasteiger partial charge in [-0.05, 0) is 47.6 Å². The molecule has 3 aromatic rings. The first-order valence-electron chi connectivity index (χ1n) is 11.7. The summed E-state index contributed by atoms with van der Waals surface area (Å²) in [5.74, 6) is 1.72. The van der Waals surface area contributed by atoms with Gasteiger partial charge in [0.05, 0.1) is 0 Å². The van der Waals surface area contributed by atoms with Crippen LogP contribution in [-0.4, -0.2) is 10.1 Å². The number of nitrogens with one attached hydrogen (secondary N) is 1. The Labute approximate surface area is 212 Å². The summed E-state index contributed by atoms with van der Waals surface area (Å²) < 4.78 is 5.88. The van der Waals surface area contributed by atoms with E-state index >= 15 is 0 Å². The molecular formula is C28H31Cl2N3O. The molecule has 2 aromatic carbocycles. The molecule has 1 aliphatic carbocycles. The Morgan fingerprint density at radius 2 is 1.62 bits per heavy atom. The predicted molar refractivity (Wildman–Crippen MR) is 142 cm³/mol. The molecule has 0 saturated heterocycles. The highest BCUT2D eigenvalue weighted by molar-refractivity contribution is 6.35. The monoisotopic (exact) mass is 495 g/mol. The minimum Gasteiger partial charge on any atom is -0.373 e. The van der Waals surface area contributed by atoms with E-state index in [2.05, 4.69) is 87.6 Å². The lowest BCUT2D eigenvalue weighted by molar-refractivity contribution is 0.277. The Bertz CT molecular complexity index is 1180. The van der Waals surface area contributed by atoms with E-state index in [-0.39, 0.29) is 11.5 Å². The largest absolute Gasteiger partial charge is 0.373 e. The average molecular weight is 496 g/mol. The van der Waals surface area contributed by atoms with Gasteiger partial charge < -0.3 is 9.84 Å². The first-order chi connectivity index (χ1) is 16.2. The highest BCUT2D eigenvalue weighted by Crippen LogP contribution is 2.45. The maximum atomic E-state index is 6.21. The third-order valence-corrected chi connectivity index (χ3v) is 6.85. The lowest BCUT2D eigenvalue weighted by atomic mass is 9.76. The predicted octanol–water partition coefficient (Wildman–Crippen LogP) is 8.97. The van der Waals surface area contributed by atoms with Gasteiger partial charge in [0.1, 0.15) is 6.04 Å². The van der Waals surface area contributed by atoms with Crippen LogP contribution >= 0.6 is 23.2 Å². The standard InChI is InChI=1S/C28H31Cl2N3O/c1-17(2)22-10-9-11-23(18(3)4)24(22)31-25(28(5)12-7-6-8-13-28)27-32-26(33-34-27)19-14-20(29)16-21(30)15-19/h6-12,14-18,25,31H,13H2,1-5H3. The third-order valence-electron chi connectivity index (χ3n) is 6.41. The smallest absolute Gasteiger partial charge is 0.250 e. The van der Waals surface area contributed by atoms with Crippen LogP contribution in [0.3, 0.4) is 0 Å². The van der Waals surface area contributed by atoms with Gasteiger partial charge in [0.25, 0.3) is 0 Å². The SMILES string of the molecule is CC(C)c1cccc(C(C)C)c1NC(c1nc(-c2cc(Cl)cc(Cl)c2)no1)C1(C)C=CC=CC1. The van der Waals surface area contributed by atoms with Crippen LogP contribution in [0.5, 0.6) is 0 Å². The summed E-state index contributed by atoms with van der Waals surface area (Å²) in [7, 11) is 0. The number of benzene rings is 2. The number of hydrogen-bond donors (Lipinski definition) is 1. The Morgan fingerprint density at radius 1 is 0.971 bits per heavy atom. The molecule has 0 saturated carbocycles. The van der Waals surface area contributed by atoms with Gasteiger partial charge in [-0.3, -0.25) is 0 Å². The van der Waals surface area contributed by atoms with Crippen molar-refractivity contribution in [3.8, 4) is 11.4 Å². The molecule has 178 valence electrons. The summed E-state index contributed by atoms with van der Waals surface area (Å²) >= 11 is 12.4. The molecule has 34 heavy (non-hydrogen) atoms. The first kappa shape index (κ1) is 24.6. The zero-order chi connectivity index (χ0) is 24.5. The maximum absolute atomic E-state index is 6.21. The highest BCUT2D eigenvalue weighted by atomic mass is 35.5. The lowest BCUT2D eigenvalue weighted by Crippen LogP contribution is -2.31. The molecule has 4 nitrogen and oxygen atoms in total. The molecule has 0 spiro atoms. The Morgan fingerprint density at radius 3 is 2.18 bits per heavy atom. The molecular weight excluding hydrogens is 465 g/mol. The fourth-order valence-electron chi connectivity index (χ4n) is 4.48. The van der Waals surface area contributed by atoms with Gasteiger partial charge in [0, 0.05) is 26.7 Å². The minimum atomic E-state index is -0.261. The molecule has 0 fully saturated rings. The zero-order valence-corrected chi connectivity index (χ0v) is 21.8. The second-order valence-corrected chi connectivity index (χ2v) is 10.7. The summed E-state index contributed by atoms with van der Waals surface area (Å²) in [6, 6.07) is 11.6. The number of nitrogens with zero attached hydrogens (tertiary/aromatic N) is 2. The molecule has 1 heterocycles. The number of rotatable bonds is 7. The summed E-state index contributed by atoms with van der Waals surface area (Å²) in [5, 5.41) is 9.21. The van der Waals surface area contributed by atoms with Crippen molar-refractivity contribution in [3.63, 3.8) is 0 Å². The number of allylic oxidation sites excluding steroid dienone is 3. The van der Waals surface area contributed by atoms with E-state index in [1.54, 1.807) is 18.2 Å². The third kappa shape index (κ3) is 5.08. The zero-order valence-electron chi connectivity index (χ0n) is 20.3. The Balaban J connectivity index is 1.81. The number of hydrogen-bond acceptors (Lipinski definition) is 4. The Kier molecular flexibility index (Phi) is 7.20.